The summed E-state index contributed by atoms with van der Waals surface area (Å²) in [5, 5.41) is 3.66. The molecular formula is C24H36N4OS. The molecule has 1 aliphatic carbocycles. The van der Waals surface area contributed by atoms with Crippen LogP contribution in [0.5, 0.6) is 0 Å². The molecule has 0 radical (unpaired) electrons. The Kier molecular flexibility index (Phi) is 6.53. The Morgan fingerprint density at radius 2 is 1.80 bits per heavy atom. The Balaban J connectivity index is 1.25. The fourth-order valence-electron chi connectivity index (χ4n) is 5.80. The number of piperidine rings is 1. The summed E-state index contributed by atoms with van der Waals surface area (Å²) in [6, 6.07) is 0. The topological polar surface area (TPSA) is 41.5 Å². The zero-order valence-electron chi connectivity index (χ0n) is 18.4. The van der Waals surface area contributed by atoms with E-state index in [1.807, 2.05) is 11.3 Å². The number of likely N-dealkylation sites (tertiary alicyclic amines) is 1. The minimum absolute atomic E-state index is 0.304. The molecule has 2 saturated heterocycles. The predicted octanol–water partition coefficient (Wildman–Crippen LogP) is 5.41. The molecule has 5 nitrogen and oxygen atoms in total. The number of thiophene rings is 1. The molecule has 4 heterocycles. The Morgan fingerprint density at radius 1 is 1.03 bits per heavy atom. The van der Waals surface area contributed by atoms with Gasteiger partial charge in [0.05, 0.1) is 0 Å². The first-order chi connectivity index (χ1) is 14.8. The van der Waals surface area contributed by atoms with Crippen molar-refractivity contribution in [1.82, 2.24) is 14.9 Å². The summed E-state index contributed by atoms with van der Waals surface area (Å²) < 4.78 is 6.20. The summed E-state index contributed by atoms with van der Waals surface area (Å²) in [6.45, 7) is 7.41. The molecule has 2 aromatic rings. The van der Waals surface area contributed by atoms with E-state index in [-0.39, 0.29) is 0 Å². The van der Waals surface area contributed by atoms with Crippen molar-refractivity contribution < 1.29 is 4.74 Å². The Bertz CT molecular complexity index is 820. The van der Waals surface area contributed by atoms with Gasteiger partial charge in [0.15, 0.2) is 0 Å². The van der Waals surface area contributed by atoms with Crippen LogP contribution in [0.4, 0.5) is 5.95 Å². The number of hydrogen-bond donors (Lipinski definition) is 0. The second-order valence-corrected chi connectivity index (χ2v) is 10.2. The monoisotopic (exact) mass is 428 g/mol. The number of nitrogens with zero attached hydrogens (tertiary/aromatic N) is 4. The van der Waals surface area contributed by atoms with Gasteiger partial charge >= 0.3 is 0 Å². The molecule has 0 amide bonds. The zero-order chi connectivity index (χ0) is 20.3. The van der Waals surface area contributed by atoms with Crippen LogP contribution >= 0.6 is 11.3 Å². The van der Waals surface area contributed by atoms with Gasteiger partial charge in [0.1, 0.15) is 11.1 Å². The molecule has 164 valence electrons. The minimum atomic E-state index is 0.304. The van der Waals surface area contributed by atoms with Gasteiger partial charge in [0, 0.05) is 50.3 Å². The van der Waals surface area contributed by atoms with Gasteiger partial charge in [-0.15, -0.1) is 11.3 Å². The first kappa shape index (κ1) is 20.7. The third kappa shape index (κ3) is 4.23. The van der Waals surface area contributed by atoms with Gasteiger partial charge in [-0.25, -0.2) is 9.97 Å². The lowest BCUT2D eigenvalue weighted by molar-refractivity contribution is -0.0858. The highest BCUT2D eigenvalue weighted by Gasteiger charge is 2.33. The lowest BCUT2D eigenvalue weighted by Crippen LogP contribution is -2.46. The second kappa shape index (κ2) is 9.49. The van der Waals surface area contributed by atoms with Gasteiger partial charge in [-0.05, 0) is 62.3 Å². The highest BCUT2D eigenvalue weighted by Crippen LogP contribution is 2.39. The standard InChI is InChI=1S/C24H36N4OS/c1-2-29-23(27-12-6-7-13-27)19-10-14-28(15-11-19)24-25-16-20-21(17-30-22(20)26-24)18-8-4-3-5-9-18/h16-19,23H,2-15H2,1H3. The van der Waals surface area contributed by atoms with Gasteiger partial charge in [-0.3, -0.25) is 4.90 Å². The maximum atomic E-state index is 6.20. The van der Waals surface area contributed by atoms with E-state index in [9.17, 15) is 0 Å². The molecule has 5 rings (SSSR count). The average Bonchev–Trinajstić information content (AvgIpc) is 3.48. The molecule has 1 atom stereocenters. The lowest BCUT2D eigenvalue weighted by atomic mass is 9.84. The van der Waals surface area contributed by atoms with E-state index in [0.29, 0.717) is 12.1 Å². The summed E-state index contributed by atoms with van der Waals surface area (Å²) in [5.41, 5.74) is 1.50. The smallest absolute Gasteiger partial charge is 0.226 e. The van der Waals surface area contributed by atoms with E-state index < -0.39 is 0 Å². The first-order valence-corrected chi connectivity index (χ1v) is 13.1. The van der Waals surface area contributed by atoms with Crippen LogP contribution in [0.15, 0.2) is 11.6 Å². The fraction of sp³-hybridized carbons (Fsp3) is 0.750. The molecule has 0 aromatic carbocycles. The van der Waals surface area contributed by atoms with E-state index in [1.165, 1.54) is 86.7 Å². The molecule has 2 aliphatic heterocycles. The number of aromatic nitrogens is 2. The molecule has 1 unspecified atom stereocenters. The van der Waals surface area contributed by atoms with Crippen LogP contribution in [-0.2, 0) is 4.74 Å². The van der Waals surface area contributed by atoms with E-state index in [4.69, 9.17) is 14.7 Å². The molecule has 3 aliphatic rings. The Labute approximate surface area is 184 Å². The fourth-order valence-corrected chi connectivity index (χ4v) is 6.79. The molecule has 30 heavy (non-hydrogen) atoms. The highest BCUT2D eigenvalue weighted by atomic mass is 32.1. The summed E-state index contributed by atoms with van der Waals surface area (Å²) in [5.74, 6) is 2.27. The van der Waals surface area contributed by atoms with E-state index >= 15 is 0 Å². The van der Waals surface area contributed by atoms with Crippen molar-refractivity contribution in [3.8, 4) is 0 Å². The molecule has 3 fully saturated rings. The molecule has 2 aromatic heterocycles. The summed E-state index contributed by atoms with van der Waals surface area (Å²) in [4.78, 5) is 16.0. The van der Waals surface area contributed by atoms with Crippen molar-refractivity contribution in [2.45, 2.75) is 76.9 Å². The second-order valence-electron chi connectivity index (χ2n) is 9.33. The maximum Gasteiger partial charge on any atom is 0.226 e. The summed E-state index contributed by atoms with van der Waals surface area (Å²) in [6.07, 6.45) is 14.2. The van der Waals surface area contributed by atoms with Crippen LogP contribution in [0.2, 0.25) is 0 Å². The number of anilines is 1. The van der Waals surface area contributed by atoms with Crippen LogP contribution in [0, 0.1) is 5.92 Å². The Hall–Kier alpha value is -1.24. The van der Waals surface area contributed by atoms with Crippen molar-refractivity contribution in [2.75, 3.05) is 37.7 Å². The van der Waals surface area contributed by atoms with Crippen molar-refractivity contribution in [3.05, 3.63) is 17.1 Å². The molecule has 0 spiro atoms. The largest absolute Gasteiger partial charge is 0.363 e. The van der Waals surface area contributed by atoms with Crippen molar-refractivity contribution in [1.29, 1.82) is 0 Å². The number of fused-ring (bicyclic) bond motifs is 1. The quantitative estimate of drug-likeness (QED) is 0.615. The normalized spacial score (nSPS) is 23.4. The van der Waals surface area contributed by atoms with E-state index in [1.54, 1.807) is 0 Å². The van der Waals surface area contributed by atoms with Crippen LogP contribution < -0.4 is 4.90 Å². The molecule has 1 saturated carbocycles. The zero-order valence-corrected chi connectivity index (χ0v) is 19.2. The lowest BCUT2D eigenvalue weighted by Gasteiger charge is -2.39. The van der Waals surface area contributed by atoms with Crippen LogP contribution in [0.3, 0.4) is 0 Å². The molecule has 0 N–H and O–H groups in total. The predicted molar refractivity (Wildman–Crippen MR) is 124 cm³/mol. The van der Waals surface area contributed by atoms with E-state index in [0.717, 1.165) is 31.6 Å². The SMILES string of the molecule is CCOC(C1CCN(c2ncc3c(C4CCCCC4)csc3n2)CC1)N1CCCC1. The van der Waals surface area contributed by atoms with Crippen molar-refractivity contribution in [3.63, 3.8) is 0 Å². The van der Waals surface area contributed by atoms with Crippen LogP contribution in [-0.4, -0.2) is 53.9 Å². The van der Waals surface area contributed by atoms with Crippen molar-refractivity contribution in [2.24, 2.45) is 5.92 Å². The number of hydrogen-bond acceptors (Lipinski definition) is 6. The Morgan fingerprint density at radius 3 is 2.53 bits per heavy atom. The van der Waals surface area contributed by atoms with Gasteiger partial charge in [-0.2, -0.15) is 0 Å². The van der Waals surface area contributed by atoms with Crippen LogP contribution in [0.1, 0.15) is 76.2 Å². The third-order valence-corrected chi connectivity index (χ3v) is 8.36. The van der Waals surface area contributed by atoms with Crippen molar-refractivity contribution >= 4 is 27.5 Å². The first-order valence-electron chi connectivity index (χ1n) is 12.2. The van der Waals surface area contributed by atoms with Crippen LogP contribution in [0.25, 0.3) is 10.2 Å². The summed E-state index contributed by atoms with van der Waals surface area (Å²) in [7, 11) is 0. The van der Waals surface area contributed by atoms with Gasteiger partial charge in [0.2, 0.25) is 5.95 Å². The summed E-state index contributed by atoms with van der Waals surface area (Å²) >= 11 is 1.81. The number of ether oxygens (including phenoxy) is 1. The van der Waals surface area contributed by atoms with Gasteiger partial charge in [0.25, 0.3) is 0 Å². The highest BCUT2D eigenvalue weighted by molar-refractivity contribution is 7.16. The van der Waals surface area contributed by atoms with Gasteiger partial charge in [-0.1, -0.05) is 19.3 Å². The molecule has 0 bridgehead atoms. The minimum Gasteiger partial charge on any atom is -0.363 e. The van der Waals surface area contributed by atoms with E-state index in [2.05, 4.69) is 28.3 Å². The maximum absolute atomic E-state index is 6.20. The third-order valence-electron chi connectivity index (χ3n) is 7.46. The van der Waals surface area contributed by atoms with Gasteiger partial charge < -0.3 is 9.64 Å². The molecular weight excluding hydrogens is 392 g/mol. The average molecular weight is 429 g/mol. The number of rotatable bonds is 6. The molecule has 6 heteroatoms.